The highest BCUT2D eigenvalue weighted by molar-refractivity contribution is 8.01. The van der Waals surface area contributed by atoms with E-state index in [0.717, 1.165) is 17.7 Å². The van der Waals surface area contributed by atoms with Crippen molar-refractivity contribution in [3.8, 4) is 0 Å². The van der Waals surface area contributed by atoms with Crippen LogP contribution >= 0.6 is 11.9 Å². The van der Waals surface area contributed by atoms with Crippen LogP contribution in [0.2, 0.25) is 0 Å². The molecule has 0 aliphatic rings. The Labute approximate surface area is 91.0 Å². The summed E-state index contributed by atoms with van der Waals surface area (Å²) < 4.78 is 4.27. The van der Waals surface area contributed by atoms with Gasteiger partial charge in [0.1, 0.15) is 0 Å². The van der Waals surface area contributed by atoms with Gasteiger partial charge in [-0.25, -0.2) is 4.40 Å². The Bertz CT molecular complexity index is 214. The molecule has 0 aromatic carbocycles. The monoisotopic (exact) mass is 216 g/mol. The van der Waals surface area contributed by atoms with Crippen LogP contribution in [0, 0.1) is 0 Å². The first-order valence-electron chi connectivity index (χ1n) is 4.88. The molecule has 3 nitrogen and oxygen atoms in total. The van der Waals surface area contributed by atoms with E-state index in [-0.39, 0.29) is 0 Å². The number of hydroxylamine groups is 2. The minimum atomic E-state index is 0.587. The van der Waals surface area contributed by atoms with Gasteiger partial charge in [-0.15, -0.1) is 0 Å². The Kier molecular flexibility index (Phi) is 7.84. The van der Waals surface area contributed by atoms with Gasteiger partial charge in [-0.05, 0) is 31.2 Å². The molecule has 0 saturated carbocycles. The number of likely N-dealkylation sites (N-methyl/N-ethyl adjacent to an activating group) is 1. The fraction of sp³-hybridized carbons (Fsp3) is 0.700. The number of hydrogen-bond acceptors (Lipinski definition) is 4. The van der Waals surface area contributed by atoms with Gasteiger partial charge >= 0.3 is 0 Å². The van der Waals surface area contributed by atoms with Crippen LogP contribution in [0.1, 0.15) is 34.1 Å². The van der Waals surface area contributed by atoms with E-state index in [0.29, 0.717) is 13.1 Å². The molecule has 0 aromatic rings. The molecule has 0 amide bonds. The van der Waals surface area contributed by atoms with E-state index in [1.165, 1.54) is 17.0 Å². The van der Waals surface area contributed by atoms with Gasteiger partial charge in [0.25, 0.3) is 0 Å². The molecule has 4 heteroatoms. The molecular formula is C10H20N2OS. The smallest absolute Gasteiger partial charge is 0.0454 e. The highest BCUT2D eigenvalue weighted by Gasteiger charge is 1.96. The summed E-state index contributed by atoms with van der Waals surface area (Å²) in [7, 11) is 0. The van der Waals surface area contributed by atoms with Crippen LogP contribution in [0.5, 0.6) is 0 Å². The Morgan fingerprint density at radius 1 is 1.43 bits per heavy atom. The maximum Gasteiger partial charge on any atom is 0.0454 e. The maximum absolute atomic E-state index is 9.23. The fourth-order valence-corrected chi connectivity index (χ4v) is 1.32. The second-order valence-electron chi connectivity index (χ2n) is 3.23. The second-order valence-corrected chi connectivity index (χ2v) is 3.86. The van der Waals surface area contributed by atoms with Gasteiger partial charge in [0.2, 0.25) is 0 Å². The third-order valence-corrected chi connectivity index (χ3v) is 2.70. The summed E-state index contributed by atoms with van der Waals surface area (Å²) in [5.74, 6) is 0. The Hall–Kier alpha value is -0.320. The van der Waals surface area contributed by atoms with E-state index in [4.69, 9.17) is 0 Å². The van der Waals surface area contributed by atoms with Crippen LogP contribution in [-0.2, 0) is 0 Å². The fourth-order valence-electron chi connectivity index (χ4n) is 0.708. The van der Waals surface area contributed by atoms with Crippen LogP contribution in [0.4, 0.5) is 0 Å². The molecule has 0 fully saturated rings. The number of nitrogens with zero attached hydrogens (tertiary/aromatic N) is 2. The van der Waals surface area contributed by atoms with Crippen molar-refractivity contribution in [1.29, 1.82) is 0 Å². The van der Waals surface area contributed by atoms with Crippen molar-refractivity contribution >= 4 is 17.7 Å². The standard InChI is InChI=1S/C10H20N2OS/c1-5-10(4)11-14-8-9(3)7-12(13)6-2/h8,13H,5-7H2,1-4H3/b9-8+,11-10?. The van der Waals surface area contributed by atoms with Crippen molar-refractivity contribution in [2.75, 3.05) is 13.1 Å². The first-order chi connectivity index (χ1) is 6.60. The first-order valence-corrected chi connectivity index (χ1v) is 5.72. The van der Waals surface area contributed by atoms with Crippen LogP contribution in [0.25, 0.3) is 0 Å². The van der Waals surface area contributed by atoms with Gasteiger partial charge < -0.3 is 5.21 Å². The summed E-state index contributed by atoms with van der Waals surface area (Å²) in [6.45, 7) is 9.24. The second kappa shape index (κ2) is 8.03. The van der Waals surface area contributed by atoms with Gasteiger partial charge in [-0.3, -0.25) is 0 Å². The third kappa shape index (κ3) is 7.12. The highest BCUT2D eigenvalue weighted by Crippen LogP contribution is 2.10. The van der Waals surface area contributed by atoms with Gasteiger partial charge in [0.05, 0.1) is 0 Å². The predicted octanol–water partition coefficient (Wildman–Crippen LogP) is 3.12. The normalized spacial score (nSPS) is 13.9. The van der Waals surface area contributed by atoms with Crippen molar-refractivity contribution in [1.82, 2.24) is 5.06 Å². The van der Waals surface area contributed by atoms with Crippen molar-refractivity contribution < 1.29 is 5.21 Å². The Balaban J connectivity index is 3.88. The first kappa shape index (κ1) is 13.7. The van der Waals surface area contributed by atoms with Crippen molar-refractivity contribution in [3.05, 3.63) is 11.0 Å². The van der Waals surface area contributed by atoms with Crippen LogP contribution in [0.3, 0.4) is 0 Å². The third-order valence-electron chi connectivity index (χ3n) is 1.77. The van der Waals surface area contributed by atoms with E-state index in [9.17, 15) is 5.21 Å². The molecule has 82 valence electrons. The lowest BCUT2D eigenvalue weighted by Gasteiger charge is -2.11. The lowest BCUT2D eigenvalue weighted by molar-refractivity contribution is -0.0774. The maximum atomic E-state index is 9.23. The minimum absolute atomic E-state index is 0.587. The Morgan fingerprint density at radius 3 is 2.57 bits per heavy atom. The molecule has 0 unspecified atom stereocenters. The molecule has 0 aliphatic carbocycles. The van der Waals surface area contributed by atoms with Crippen LogP contribution < -0.4 is 0 Å². The molecule has 1 N–H and O–H groups in total. The molecule has 0 aromatic heterocycles. The summed E-state index contributed by atoms with van der Waals surface area (Å²) in [6, 6.07) is 0. The largest absolute Gasteiger partial charge is 0.314 e. The van der Waals surface area contributed by atoms with Crippen LogP contribution in [-0.4, -0.2) is 29.1 Å². The number of rotatable bonds is 6. The van der Waals surface area contributed by atoms with Crippen molar-refractivity contribution in [2.45, 2.75) is 34.1 Å². The highest BCUT2D eigenvalue weighted by atomic mass is 32.2. The van der Waals surface area contributed by atoms with E-state index in [1.807, 2.05) is 26.2 Å². The van der Waals surface area contributed by atoms with E-state index in [2.05, 4.69) is 11.3 Å². The van der Waals surface area contributed by atoms with E-state index < -0.39 is 0 Å². The zero-order valence-electron chi connectivity index (χ0n) is 9.45. The summed E-state index contributed by atoms with van der Waals surface area (Å²) in [5, 5.41) is 12.5. The average molecular weight is 216 g/mol. The average Bonchev–Trinajstić information content (AvgIpc) is 2.17. The van der Waals surface area contributed by atoms with E-state index >= 15 is 0 Å². The lowest BCUT2D eigenvalue weighted by Crippen LogP contribution is -2.20. The molecule has 0 radical (unpaired) electrons. The molecule has 0 heterocycles. The van der Waals surface area contributed by atoms with Crippen LogP contribution in [0.15, 0.2) is 15.4 Å². The Morgan fingerprint density at radius 2 is 2.07 bits per heavy atom. The molecule has 0 saturated heterocycles. The molecule has 0 spiro atoms. The van der Waals surface area contributed by atoms with Crippen molar-refractivity contribution in [2.24, 2.45) is 4.40 Å². The van der Waals surface area contributed by atoms with E-state index in [1.54, 1.807) is 0 Å². The van der Waals surface area contributed by atoms with Crippen molar-refractivity contribution in [3.63, 3.8) is 0 Å². The van der Waals surface area contributed by atoms with Gasteiger partial charge in [0.15, 0.2) is 0 Å². The van der Waals surface area contributed by atoms with Gasteiger partial charge in [0, 0.05) is 30.7 Å². The molecule has 0 atom stereocenters. The molecular weight excluding hydrogens is 196 g/mol. The predicted molar refractivity (Wildman–Crippen MR) is 63.8 cm³/mol. The zero-order valence-corrected chi connectivity index (χ0v) is 10.3. The van der Waals surface area contributed by atoms with Gasteiger partial charge in [-0.2, -0.15) is 5.06 Å². The SMILES string of the molecule is CCC(C)=NS/C=C(\C)CN(O)CC. The molecule has 0 rings (SSSR count). The summed E-state index contributed by atoms with van der Waals surface area (Å²) >= 11 is 1.43. The summed E-state index contributed by atoms with van der Waals surface area (Å²) in [5.41, 5.74) is 2.25. The summed E-state index contributed by atoms with van der Waals surface area (Å²) in [4.78, 5) is 0. The minimum Gasteiger partial charge on any atom is -0.314 e. The summed E-state index contributed by atoms with van der Waals surface area (Å²) in [6.07, 6.45) is 0.987. The molecule has 14 heavy (non-hydrogen) atoms. The topological polar surface area (TPSA) is 35.8 Å². The van der Waals surface area contributed by atoms with Gasteiger partial charge in [-0.1, -0.05) is 13.8 Å². The zero-order chi connectivity index (χ0) is 11.0. The molecule has 0 bridgehead atoms. The quantitative estimate of drug-likeness (QED) is 0.421. The lowest BCUT2D eigenvalue weighted by atomic mass is 10.3. The molecule has 0 aliphatic heterocycles. The number of hydrogen-bond donors (Lipinski definition) is 1.